The predicted octanol–water partition coefficient (Wildman–Crippen LogP) is 2.36. The van der Waals surface area contributed by atoms with Crippen molar-refractivity contribution < 1.29 is 31.2 Å². The monoisotopic (exact) mass is 455 g/mol. The first kappa shape index (κ1) is 22.8. The standard InChI is InChI=1S/C20H20F3N3O4S/c21-14-4-6-15(7-5-14)31(29,30)26-12-10-25(11-13-26)19(28)9-8-18(27)24-20-16(22)2-1-3-17(20)23/h1-7H,8-13H2,(H,24,27). The van der Waals surface area contributed by atoms with Crippen molar-refractivity contribution in [2.75, 3.05) is 31.5 Å². The number of hydrogen-bond acceptors (Lipinski definition) is 4. The van der Waals surface area contributed by atoms with Crippen LogP contribution in [-0.2, 0) is 19.6 Å². The van der Waals surface area contributed by atoms with Gasteiger partial charge >= 0.3 is 0 Å². The Morgan fingerprint density at radius 2 is 1.45 bits per heavy atom. The van der Waals surface area contributed by atoms with E-state index < -0.39 is 39.1 Å². The van der Waals surface area contributed by atoms with Gasteiger partial charge in [0.05, 0.1) is 4.90 Å². The highest BCUT2D eigenvalue weighted by Crippen LogP contribution is 2.20. The molecule has 2 aromatic carbocycles. The molecule has 7 nitrogen and oxygen atoms in total. The molecule has 0 radical (unpaired) electrons. The molecule has 1 fully saturated rings. The van der Waals surface area contributed by atoms with Crippen molar-refractivity contribution >= 4 is 27.5 Å². The molecule has 1 aliphatic heterocycles. The normalized spacial score (nSPS) is 15.0. The summed E-state index contributed by atoms with van der Waals surface area (Å²) in [6.07, 6.45) is -0.465. The van der Waals surface area contributed by atoms with Gasteiger partial charge in [-0.1, -0.05) is 6.07 Å². The first-order chi connectivity index (χ1) is 14.7. The molecule has 0 aromatic heterocycles. The highest BCUT2D eigenvalue weighted by atomic mass is 32.2. The number of anilines is 1. The van der Waals surface area contributed by atoms with E-state index in [0.717, 1.165) is 24.3 Å². The Bertz CT molecular complexity index is 1050. The van der Waals surface area contributed by atoms with Crippen molar-refractivity contribution in [2.24, 2.45) is 0 Å². The molecule has 3 rings (SSSR count). The van der Waals surface area contributed by atoms with E-state index in [-0.39, 0.29) is 49.8 Å². The summed E-state index contributed by atoms with van der Waals surface area (Å²) >= 11 is 0. The second kappa shape index (κ2) is 9.48. The summed E-state index contributed by atoms with van der Waals surface area (Å²) < 4.78 is 66.6. The summed E-state index contributed by atoms with van der Waals surface area (Å²) in [5, 5.41) is 2.11. The topological polar surface area (TPSA) is 86.8 Å². The highest BCUT2D eigenvalue weighted by molar-refractivity contribution is 7.89. The van der Waals surface area contributed by atoms with Gasteiger partial charge in [-0.25, -0.2) is 21.6 Å². The van der Waals surface area contributed by atoms with Crippen LogP contribution in [0.15, 0.2) is 47.4 Å². The second-order valence-electron chi connectivity index (χ2n) is 6.88. The van der Waals surface area contributed by atoms with Crippen molar-refractivity contribution in [2.45, 2.75) is 17.7 Å². The Hall–Kier alpha value is -2.92. The molecule has 166 valence electrons. The van der Waals surface area contributed by atoms with Gasteiger partial charge in [0, 0.05) is 39.0 Å². The third-order valence-corrected chi connectivity index (χ3v) is 6.75. The minimum absolute atomic E-state index is 0.0364. The summed E-state index contributed by atoms with van der Waals surface area (Å²) in [5.74, 6) is -3.47. The molecule has 1 heterocycles. The molecular weight excluding hydrogens is 435 g/mol. The van der Waals surface area contributed by atoms with E-state index in [2.05, 4.69) is 5.32 Å². The molecule has 0 atom stereocenters. The summed E-state index contributed by atoms with van der Waals surface area (Å²) in [6, 6.07) is 7.65. The lowest BCUT2D eigenvalue weighted by molar-refractivity contribution is -0.133. The lowest BCUT2D eigenvalue weighted by Gasteiger charge is -2.34. The molecule has 2 amide bonds. The molecule has 1 N–H and O–H groups in total. The van der Waals surface area contributed by atoms with Gasteiger partial charge in [0.2, 0.25) is 21.8 Å². The van der Waals surface area contributed by atoms with E-state index in [1.54, 1.807) is 0 Å². The summed E-state index contributed by atoms with van der Waals surface area (Å²) in [4.78, 5) is 25.7. The zero-order valence-corrected chi connectivity index (χ0v) is 17.2. The van der Waals surface area contributed by atoms with Crippen LogP contribution < -0.4 is 5.32 Å². The van der Waals surface area contributed by atoms with Crippen molar-refractivity contribution in [1.82, 2.24) is 9.21 Å². The molecule has 0 saturated carbocycles. The number of sulfonamides is 1. The molecule has 1 saturated heterocycles. The number of carbonyl (C=O) groups excluding carboxylic acids is 2. The molecule has 0 aliphatic carbocycles. The third kappa shape index (κ3) is 5.42. The first-order valence-electron chi connectivity index (χ1n) is 9.46. The number of benzene rings is 2. The number of para-hydroxylation sites is 1. The van der Waals surface area contributed by atoms with E-state index in [4.69, 9.17) is 0 Å². The quantitative estimate of drug-likeness (QED) is 0.725. The number of nitrogens with one attached hydrogen (secondary N) is 1. The van der Waals surface area contributed by atoms with Crippen LogP contribution in [0.3, 0.4) is 0 Å². The number of piperazine rings is 1. The maximum absolute atomic E-state index is 13.6. The predicted molar refractivity (Wildman–Crippen MR) is 106 cm³/mol. The zero-order chi connectivity index (χ0) is 22.6. The van der Waals surface area contributed by atoms with Gasteiger partial charge in [-0.2, -0.15) is 4.31 Å². The van der Waals surface area contributed by atoms with Crippen molar-refractivity contribution in [1.29, 1.82) is 0 Å². The maximum Gasteiger partial charge on any atom is 0.243 e. The fourth-order valence-electron chi connectivity index (χ4n) is 3.13. The van der Waals surface area contributed by atoms with Gasteiger partial charge in [0.25, 0.3) is 0 Å². The minimum atomic E-state index is -3.80. The van der Waals surface area contributed by atoms with Crippen LogP contribution in [0.1, 0.15) is 12.8 Å². The summed E-state index contributed by atoms with van der Waals surface area (Å²) in [5.41, 5.74) is -0.570. The van der Waals surface area contributed by atoms with Crippen LogP contribution in [0.5, 0.6) is 0 Å². The molecule has 31 heavy (non-hydrogen) atoms. The fraction of sp³-hybridized carbons (Fsp3) is 0.300. The molecule has 0 bridgehead atoms. The van der Waals surface area contributed by atoms with Crippen LogP contribution in [-0.4, -0.2) is 55.6 Å². The van der Waals surface area contributed by atoms with Crippen LogP contribution in [0.2, 0.25) is 0 Å². The van der Waals surface area contributed by atoms with Crippen molar-refractivity contribution in [3.63, 3.8) is 0 Å². The number of amides is 2. The fourth-order valence-corrected chi connectivity index (χ4v) is 4.55. The number of hydrogen-bond donors (Lipinski definition) is 1. The molecule has 2 aromatic rings. The van der Waals surface area contributed by atoms with E-state index in [0.29, 0.717) is 0 Å². The van der Waals surface area contributed by atoms with Gasteiger partial charge in [-0.15, -0.1) is 0 Å². The average Bonchev–Trinajstić information content (AvgIpc) is 2.75. The van der Waals surface area contributed by atoms with E-state index in [9.17, 15) is 31.2 Å². The largest absolute Gasteiger partial charge is 0.340 e. The molecular formula is C20H20F3N3O4S. The average molecular weight is 455 g/mol. The molecule has 0 spiro atoms. The Balaban J connectivity index is 1.50. The first-order valence-corrected chi connectivity index (χ1v) is 10.9. The van der Waals surface area contributed by atoms with Gasteiger partial charge in [-0.05, 0) is 36.4 Å². The number of carbonyl (C=O) groups is 2. The van der Waals surface area contributed by atoms with Gasteiger partial charge in [-0.3, -0.25) is 9.59 Å². The Labute approximate surface area is 177 Å². The van der Waals surface area contributed by atoms with Crippen LogP contribution in [0, 0.1) is 17.5 Å². The highest BCUT2D eigenvalue weighted by Gasteiger charge is 2.30. The molecule has 11 heteroatoms. The van der Waals surface area contributed by atoms with Crippen LogP contribution >= 0.6 is 0 Å². The molecule has 1 aliphatic rings. The smallest absolute Gasteiger partial charge is 0.243 e. The summed E-state index contributed by atoms with van der Waals surface area (Å²) in [7, 11) is -3.80. The number of rotatable bonds is 6. The van der Waals surface area contributed by atoms with Gasteiger partial charge in [0.1, 0.15) is 23.1 Å². The number of nitrogens with zero attached hydrogens (tertiary/aromatic N) is 2. The zero-order valence-electron chi connectivity index (χ0n) is 16.4. The lowest BCUT2D eigenvalue weighted by atomic mass is 10.2. The Morgan fingerprint density at radius 3 is 2.03 bits per heavy atom. The van der Waals surface area contributed by atoms with Crippen LogP contribution in [0.25, 0.3) is 0 Å². The minimum Gasteiger partial charge on any atom is -0.340 e. The van der Waals surface area contributed by atoms with Gasteiger partial charge < -0.3 is 10.2 Å². The van der Waals surface area contributed by atoms with Crippen molar-refractivity contribution in [3.05, 3.63) is 59.9 Å². The Morgan fingerprint density at radius 1 is 0.871 bits per heavy atom. The number of halogens is 3. The SMILES string of the molecule is O=C(CCC(=O)N1CCN(S(=O)(=O)c2ccc(F)cc2)CC1)Nc1c(F)cccc1F. The second-order valence-corrected chi connectivity index (χ2v) is 8.82. The Kier molecular flexibility index (Phi) is 6.96. The lowest BCUT2D eigenvalue weighted by Crippen LogP contribution is -2.50. The van der Waals surface area contributed by atoms with E-state index in [1.807, 2.05) is 0 Å². The van der Waals surface area contributed by atoms with Crippen molar-refractivity contribution in [3.8, 4) is 0 Å². The van der Waals surface area contributed by atoms with Gasteiger partial charge in [0.15, 0.2) is 0 Å². The van der Waals surface area contributed by atoms with E-state index in [1.165, 1.54) is 27.4 Å². The maximum atomic E-state index is 13.6. The van der Waals surface area contributed by atoms with Crippen LogP contribution in [0.4, 0.5) is 18.9 Å². The molecule has 0 unspecified atom stereocenters. The third-order valence-electron chi connectivity index (χ3n) is 4.84. The van der Waals surface area contributed by atoms with E-state index >= 15 is 0 Å². The summed E-state index contributed by atoms with van der Waals surface area (Å²) in [6.45, 7) is 0.363.